The number of aryl methyl sites for hydroxylation is 1. The molecule has 62 heavy (non-hydrogen) atoms. The van der Waals surface area contributed by atoms with Gasteiger partial charge in [-0.2, -0.15) is 0 Å². The Balaban J connectivity index is 0.961. The number of aromatic nitrogens is 1. The summed E-state index contributed by atoms with van der Waals surface area (Å²) in [5.74, 6) is 2.20. The average molecular weight is 808 g/mol. The molecule has 0 fully saturated rings. The maximum absolute atomic E-state index is 5.60. The van der Waals surface area contributed by atoms with Crippen LogP contribution in [0.25, 0.3) is 23.9 Å². The molecule has 0 amide bonds. The van der Waals surface area contributed by atoms with Crippen LogP contribution in [0, 0.1) is 11.8 Å². The summed E-state index contributed by atoms with van der Waals surface area (Å²) in [7, 11) is 0. The van der Waals surface area contributed by atoms with Gasteiger partial charge in [0.1, 0.15) is 18.2 Å². The van der Waals surface area contributed by atoms with Gasteiger partial charge in [0, 0.05) is 56.9 Å². The first-order chi connectivity index (χ1) is 30.7. The van der Waals surface area contributed by atoms with E-state index in [1.54, 1.807) is 0 Å². The topological polar surface area (TPSA) is 44.6 Å². The Morgan fingerprint density at radius 2 is 1.58 bits per heavy atom. The SMILES string of the molecule is C1=CCCC(C2=NC(C3=C(n4c5c(c6c4=CC4=CC=C(N7c8ccccc8C8CCc9ccccc9C87)CC4C=6)C=CCC5)CC4C=CC=CC4=C3)NC(C3=CC=CCC3)N2)=C1. The van der Waals surface area contributed by atoms with Crippen molar-refractivity contribution in [1.29, 1.82) is 0 Å². The van der Waals surface area contributed by atoms with Crippen molar-refractivity contribution in [3.63, 3.8) is 0 Å². The van der Waals surface area contributed by atoms with E-state index in [4.69, 9.17) is 4.99 Å². The van der Waals surface area contributed by atoms with Crippen molar-refractivity contribution in [3.8, 4) is 0 Å². The monoisotopic (exact) mass is 807 g/mol. The maximum Gasteiger partial charge on any atom is 0.131 e. The van der Waals surface area contributed by atoms with Crippen LogP contribution in [0.4, 0.5) is 5.69 Å². The third-order valence-electron chi connectivity index (χ3n) is 15.3. The van der Waals surface area contributed by atoms with Gasteiger partial charge in [0.2, 0.25) is 0 Å². The Labute approximate surface area is 365 Å². The molecule has 1 aromatic heterocycles. The van der Waals surface area contributed by atoms with E-state index in [0.717, 1.165) is 63.6 Å². The number of para-hydroxylation sites is 1. The summed E-state index contributed by atoms with van der Waals surface area (Å²) in [5.41, 5.74) is 18.4. The van der Waals surface area contributed by atoms with E-state index < -0.39 is 0 Å². The first-order valence-corrected chi connectivity index (χ1v) is 23.4. The molecule has 10 aliphatic rings. The van der Waals surface area contributed by atoms with E-state index in [2.05, 4.69) is 172 Å². The number of fused-ring (bicyclic) bond motifs is 10. The summed E-state index contributed by atoms with van der Waals surface area (Å²) in [6, 6.07) is 18.8. The summed E-state index contributed by atoms with van der Waals surface area (Å²) in [6.45, 7) is 0. The fourth-order valence-electron chi connectivity index (χ4n) is 12.3. The average Bonchev–Trinajstić information content (AvgIpc) is 3.85. The predicted octanol–water partition coefficient (Wildman–Crippen LogP) is 10.2. The Morgan fingerprint density at radius 1 is 0.710 bits per heavy atom. The van der Waals surface area contributed by atoms with Crippen LogP contribution in [0.3, 0.4) is 0 Å². The molecule has 2 aromatic carbocycles. The molecule has 0 saturated carbocycles. The number of hydrogen-bond acceptors (Lipinski definition) is 4. The van der Waals surface area contributed by atoms with Gasteiger partial charge < -0.3 is 14.8 Å². The van der Waals surface area contributed by atoms with Crippen molar-refractivity contribution in [2.24, 2.45) is 16.8 Å². The third kappa shape index (κ3) is 5.88. The lowest BCUT2D eigenvalue weighted by atomic mass is 9.78. The van der Waals surface area contributed by atoms with Crippen molar-refractivity contribution in [3.05, 3.63) is 206 Å². The number of aliphatic imine (C=N–C) groups is 1. The minimum absolute atomic E-state index is 0.0142. The number of anilines is 1. The second kappa shape index (κ2) is 14.7. The molecular weight excluding hydrogens is 755 g/mol. The normalized spacial score (nSPS) is 28.5. The van der Waals surface area contributed by atoms with Gasteiger partial charge in [-0.15, -0.1) is 0 Å². The van der Waals surface area contributed by atoms with Crippen LogP contribution < -0.4 is 26.1 Å². The van der Waals surface area contributed by atoms with Gasteiger partial charge in [0.05, 0.1) is 11.4 Å². The number of amidine groups is 1. The molecule has 0 radical (unpaired) electrons. The Morgan fingerprint density at radius 3 is 2.48 bits per heavy atom. The molecule has 5 heteroatoms. The molecule has 0 saturated heterocycles. The summed E-state index contributed by atoms with van der Waals surface area (Å²) in [4.78, 5) is 8.33. The lowest BCUT2D eigenvalue weighted by molar-refractivity contribution is 0.452. The molecule has 13 rings (SSSR count). The van der Waals surface area contributed by atoms with E-state index in [1.807, 2.05) is 0 Å². The van der Waals surface area contributed by atoms with Gasteiger partial charge in [-0.1, -0.05) is 128 Å². The van der Waals surface area contributed by atoms with Crippen LogP contribution in [0.1, 0.15) is 91.3 Å². The standard InChI is InChI=1S/C57H53N5/c1-3-16-37(17-4-1)55-58-56(38-18-5-2-6-19-38)60-57(59-55)49-32-39-20-7-8-21-40(39)34-53(49)62-51-26-14-12-24-46(51)48-33-42-31-43(29-27-41(42)35-52(48)62)61-50-25-13-11-23-45(50)47-30-28-36-15-9-10-22-44(36)54(47)61/h1-3,5,7-13,15-16,18,20-25,27,29,32-33,35,40,42,47,54-55,57,59H,4,6,14,17,19,26,28,30-31,34H2,(H,58,60). The zero-order valence-electron chi connectivity index (χ0n) is 35.3. The Hall–Kier alpha value is -6.17. The molecule has 6 unspecified atom stereocenters. The Kier molecular flexibility index (Phi) is 8.67. The van der Waals surface area contributed by atoms with Gasteiger partial charge >= 0.3 is 0 Å². The van der Waals surface area contributed by atoms with Crippen LogP contribution in [-0.4, -0.2) is 22.7 Å². The third-order valence-corrected chi connectivity index (χ3v) is 15.3. The fourth-order valence-corrected chi connectivity index (χ4v) is 12.3. The number of rotatable bonds is 5. The molecule has 3 aromatic rings. The molecule has 5 nitrogen and oxygen atoms in total. The van der Waals surface area contributed by atoms with Crippen molar-refractivity contribution < 1.29 is 0 Å². The van der Waals surface area contributed by atoms with E-state index >= 15 is 0 Å². The van der Waals surface area contributed by atoms with Crippen LogP contribution in [0.2, 0.25) is 0 Å². The highest BCUT2D eigenvalue weighted by atomic mass is 15.3. The van der Waals surface area contributed by atoms with Gasteiger partial charge in [0.25, 0.3) is 0 Å². The molecule has 8 aliphatic carbocycles. The molecule has 3 heterocycles. The predicted molar refractivity (Wildman–Crippen MR) is 255 cm³/mol. The molecular formula is C57H53N5. The van der Waals surface area contributed by atoms with Crippen LogP contribution in [0.5, 0.6) is 0 Å². The fraction of sp³-hybridized carbons (Fsp3) is 0.281. The summed E-state index contributed by atoms with van der Waals surface area (Å²) in [5, 5.41) is 10.7. The summed E-state index contributed by atoms with van der Waals surface area (Å²) in [6.07, 6.45) is 50.5. The largest absolute Gasteiger partial charge is 0.351 e. The minimum atomic E-state index is -0.192. The number of hydrogen-bond donors (Lipinski definition) is 2. The van der Waals surface area contributed by atoms with E-state index in [-0.39, 0.29) is 12.3 Å². The number of benzene rings is 2. The van der Waals surface area contributed by atoms with Crippen LogP contribution in [0.15, 0.2) is 172 Å². The van der Waals surface area contributed by atoms with Gasteiger partial charge in [0.15, 0.2) is 0 Å². The lowest BCUT2D eigenvalue weighted by Gasteiger charge is -2.38. The van der Waals surface area contributed by atoms with E-state index in [0.29, 0.717) is 23.8 Å². The highest BCUT2D eigenvalue weighted by Gasteiger charge is 2.44. The highest BCUT2D eigenvalue weighted by Crippen LogP contribution is 2.56. The quantitative estimate of drug-likeness (QED) is 0.270. The van der Waals surface area contributed by atoms with Gasteiger partial charge in [-0.25, -0.2) is 4.99 Å². The molecule has 6 atom stereocenters. The summed E-state index contributed by atoms with van der Waals surface area (Å²) >= 11 is 0. The van der Waals surface area contributed by atoms with Crippen molar-refractivity contribution >= 4 is 35.4 Å². The molecule has 2 aliphatic heterocycles. The molecule has 0 spiro atoms. The van der Waals surface area contributed by atoms with Crippen LogP contribution in [-0.2, 0) is 12.8 Å². The van der Waals surface area contributed by atoms with Crippen molar-refractivity contribution in [2.45, 2.75) is 88.5 Å². The molecule has 306 valence electrons. The van der Waals surface area contributed by atoms with Gasteiger partial charge in [-0.05, 0) is 127 Å². The smallest absolute Gasteiger partial charge is 0.131 e. The number of allylic oxidation sites excluding steroid dienone is 17. The summed E-state index contributed by atoms with van der Waals surface area (Å²) < 4.78 is 2.70. The second-order valence-corrected chi connectivity index (χ2v) is 18.7. The first-order valence-electron chi connectivity index (χ1n) is 23.4. The van der Waals surface area contributed by atoms with Gasteiger partial charge in [-0.3, -0.25) is 5.32 Å². The zero-order valence-corrected chi connectivity index (χ0v) is 35.3. The maximum atomic E-state index is 5.60. The highest BCUT2D eigenvalue weighted by molar-refractivity contribution is 6.00. The minimum Gasteiger partial charge on any atom is -0.351 e. The second-order valence-electron chi connectivity index (χ2n) is 18.7. The van der Waals surface area contributed by atoms with E-state index in [9.17, 15) is 0 Å². The Bertz CT molecular complexity index is 2960. The van der Waals surface area contributed by atoms with Crippen LogP contribution >= 0.6 is 0 Å². The van der Waals surface area contributed by atoms with Crippen molar-refractivity contribution in [1.82, 2.24) is 15.2 Å². The van der Waals surface area contributed by atoms with E-state index in [1.165, 1.54) is 89.9 Å². The zero-order chi connectivity index (χ0) is 40.7. The first kappa shape index (κ1) is 36.5. The molecule has 0 bridgehead atoms. The van der Waals surface area contributed by atoms with Crippen molar-refractivity contribution in [2.75, 3.05) is 4.90 Å². The molecule has 2 N–H and O–H groups in total. The number of nitrogens with zero attached hydrogens (tertiary/aromatic N) is 3. The lowest BCUT2D eigenvalue weighted by Crippen LogP contribution is -2.56. The number of nitrogens with one attached hydrogen (secondary N) is 2.